The number of benzene rings is 2. The van der Waals surface area contributed by atoms with E-state index in [1.165, 1.54) is 23.1 Å². The molecule has 0 aliphatic carbocycles. The number of rotatable bonds is 3. The van der Waals surface area contributed by atoms with Gasteiger partial charge in [-0.25, -0.2) is 4.39 Å². The van der Waals surface area contributed by atoms with Crippen molar-refractivity contribution < 1.29 is 13.7 Å². The van der Waals surface area contributed by atoms with Crippen LogP contribution in [0.3, 0.4) is 0 Å². The third-order valence-corrected chi connectivity index (χ3v) is 4.74. The predicted molar refractivity (Wildman–Crippen MR) is 95.9 cm³/mol. The summed E-state index contributed by atoms with van der Waals surface area (Å²) in [6.07, 6.45) is 0.213. The van der Waals surface area contributed by atoms with E-state index < -0.39 is 5.82 Å². The van der Waals surface area contributed by atoms with Gasteiger partial charge in [0.1, 0.15) is 5.82 Å². The molecule has 1 aromatic heterocycles. The normalized spacial score (nSPS) is 17.1. The number of anilines is 1. The molecule has 3 aromatic rings. The molecule has 26 heavy (non-hydrogen) atoms. The molecule has 0 N–H and O–H groups in total. The molecule has 1 unspecified atom stereocenters. The van der Waals surface area contributed by atoms with Crippen molar-refractivity contribution in [2.24, 2.45) is 0 Å². The summed E-state index contributed by atoms with van der Waals surface area (Å²) in [7, 11) is 0. The van der Waals surface area contributed by atoms with Crippen molar-refractivity contribution in [3.05, 3.63) is 64.2 Å². The molecular formula is C18H12Cl2FN3O2. The third-order valence-electron chi connectivity index (χ3n) is 4.20. The molecule has 0 spiro atoms. The monoisotopic (exact) mass is 391 g/mol. The van der Waals surface area contributed by atoms with Gasteiger partial charge in [0.15, 0.2) is 0 Å². The Morgan fingerprint density at radius 2 is 2.04 bits per heavy atom. The molecule has 0 saturated carbocycles. The second-order valence-electron chi connectivity index (χ2n) is 5.97. The molecule has 1 aliphatic rings. The van der Waals surface area contributed by atoms with Crippen LogP contribution in [-0.2, 0) is 4.79 Å². The average molecular weight is 392 g/mol. The summed E-state index contributed by atoms with van der Waals surface area (Å²) in [6.45, 7) is 0.335. The second-order valence-corrected chi connectivity index (χ2v) is 6.81. The summed E-state index contributed by atoms with van der Waals surface area (Å²) in [4.78, 5) is 18.3. The van der Waals surface area contributed by atoms with Gasteiger partial charge in [0.25, 0.3) is 0 Å². The fourth-order valence-electron chi connectivity index (χ4n) is 2.95. The molecule has 5 nitrogen and oxygen atoms in total. The van der Waals surface area contributed by atoms with E-state index in [0.29, 0.717) is 29.0 Å². The van der Waals surface area contributed by atoms with Gasteiger partial charge >= 0.3 is 0 Å². The van der Waals surface area contributed by atoms with Crippen molar-refractivity contribution in [1.29, 1.82) is 0 Å². The van der Waals surface area contributed by atoms with Crippen LogP contribution in [0.5, 0.6) is 0 Å². The molecule has 2 heterocycles. The molecule has 0 radical (unpaired) electrons. The Morgan fingerprint density at radius 3 is 2.81 bits per heavy atom. The predicted octanol–water partition coefficient (Wildman–Crippen LogP) is 4.70. The zero-order valence-corrected chi connectivity index (χ0v) is 14.8. The zero-order valence-electron chi connectivity index (χ0n) is 13.3. The number of hydrogen-bond donors (Lipinski definition) is 0. The lowest BCUT2D eigenvalue weighted by Crippen LogP contribution is -2.24. The van der Waals surface area contributed by atoms with Crippen LogP contribution in [0, 0.1) is 5.82 Å². The number of amides is 1. The van der Waals surface area contributed by atoms with Gasteiger partial charge in [0.05, 0.1) is 16.6 Å². The van der Waals surface area contributed by atoms with Gasteiger partial charge in [-0.2, -0.15) is 4.98 Å². The quantitative estimate of drug-likeness (QED) is 0.648. The van der Waals surface area contributed by atoms with Crippen molar-refractivity contribution in [3.8, 4) is 11.4 Å². The second kappa shape index (κ2) is 6.70. The van der Waals surface area contributed by atoms with Crippen LogP contribution in [0.25, 0.3) is 11.4 Å². The molecule has 1 amide bonds. The SMILES string of the molecule is O=C1CC(c2nc(-c3cccc(Cl)c3)no2)CN1c1ccc(F)cc1Cl. The first-order chi connectivity index (χ1) is 12.5. The molecular weight excluding hydrogens is 380 g/mol. The molecule has 0 bridgehead atoms. The summed E-state index contributed by atoms with van der Waals surface area (Å²) < 4.78 is 18.6. The van der Waals surface area contributed by atoms with Crippen LogP contribution in [0.1, 0.15) is 18.2 Å². The van der Waals surface area contributed by atoms with Crippen LogP contribution in [-0.4, -0.2) is 22.6 Å². The topological polar surface area (TPSA) is 59.2 Å². The van der Waals surface area contributed by atoms with Crippen molar-refractivity contribution in [3.63, 3.8) is 0 Å². The summed E-state index contributed by atoms with van der Waals surface area (Å²) in [5, 5.41) is 4.73. The number of hydrogen-bond acceptors (Lipinski definition) is 4. The van der Waals surface area contributed by atoms with E-state index in [9.17, 15) is 9.18 Å². The minimum atomic E-state index is -0.454. The first-order valence-electron chi connectivity index (χ1n) is 7.86. The van der Waals surface area contributed by atoms with E-state index >= 15 is 0 Å². The van der Waals surface area contributed by atoms with E-state index in [-0.39, 0.29) is 23.3 Å². The third kappa shape index (κ3) is 3.18. The standard InChI is InChI=1S/C18H12Cl2FN3O2/c19-12-3-1-2-10(6-12)17-22-18(26-23-17)11-7-16(25)24(9-11)15-5-4-13(21)8-14(15)20/h1-6,8,11H,7,9H2. The summed E-state index contributed by atoms with van der Waals surface area (Å²) in [5.74, 6) is -0.0673. The van der Waals surface area contributed by atoms with Crippen molar-refractivity contribution in [2.75, 3.05) is 11.4 Å². The van der Waals surface area contributed by atoms with Gasteiger partial charge in [0.2, 0.25) is 17.6 Å². The highest BCUT2D eigenvalue weighted by molar-refractivity contribution is 6.33. The lowest BCUT2D eigenvalue weighted by atomic mass is 10.1. The van der Waals surface area contributed by atoms with E-state index in [4.69, 9.17) is 27.7 Å². The lowest BCUT2D eigenvalue weighted by molar-refractivity contribution is -0.117. The van der Waals surface area contributed by atoms with Crippen LogP contribution in [0.4, 0.5) is 10.1 Å². The van der Waals surface area contributed by atoms with Gasteiger partial charge < -0.3 is 9.42 Å². The van der Waals surface area contributed by atoms with E-state index in [0.717, 1.165) is 5.56 Å². The minimum absolute atomic E-state index is 0.133. The number of aromatic nitrogens is 2. The Bertz CT molecular complexity index is 992. The van der Waals surface area contributed by atoms with Gasteiger partial charge in [0, 0.05) is 23.6 Å². The zero-order chi connectivity index (χ0) is 18.3. The fraction of sp³-hybridized carbons (Fsp3) is 0.167. The highest BCUT2D eigenvalue weighted by atomic mass is 35.5. The molecule has 2 aromatic carbocycles. The smallest absolute Gasteiger partial charge is 0.232 e. The molecule has 8 heteroatoms. The van der Waals surface area contributed by atoms with E-state index in [1.54, 1.807) is 18.2 Å². The molecule has 132 valence electrons. The summed E-state index contributed by atoms with van der Waals surface area (Å²) in [6, 6.07) is 11.1. The Kier molecular flexibility index (Phi) is 4.38. The molecule has 4 rings (SSSR count). The van der Waals surface area contributed by atoms with Gasteiger partial charge in [-0.05, 0) is 30.3 Å². The van der Waals surface area contributed by atoms with Gasteiger partial charge in [-0.1, -0.05) is 40.5 Å². The first kappa shape index (κ1) is 17.0. The van der Waals surface area contributed by atoms with Crippen LogP contribution < -0.4 is 4.90 Å². The average Bonchev–Trinajstić information content (AvgIpc) is 3.22. The number of nitrogens with zero attached hydrogens (tertiary/aromatic N) is 3. The lowest BCUT2D eigenvalue weighted by Gasteiger charge is -2.17. The highest BCUT2D eigenvalue weighted by Crippen LogP contribution is 2.35. The molecule has 1 fully saturated rings. The van der Waals surface area contributed by atoms with Crippen LogP contribution in [0.15, 0.2) is 47.0 Å². The van der Waals surface area contributed by atoms with Crippen molar-refractivity contribution in [2.45, 2.75) is 12.3 Å². The van der Waals surface area contributed by atoms with E-state index in [2.05, 4.69) is 10.1 Å². The molecule has 1 atom stereocenters. The van der Waals surface area contributed by atoms with Crippen molar-refractivity contribution in [1.82, 2.24) is 10.1 Å². The Labute approximate surface area is 158 Å². The van der Waals surface area contributed by atoms with Crippen LogP contribution in [0.2, 0.25) is 10.0 Å². The maximum absolute atomic E-state index is 13.2. The number of carbonyl (C=O) groups is 1. The maximum Gasteiger partial charge on any atom is 0.232 e. The van der Waals surface area contributed by atoms with Crippen LogP contribution >= 0.6 is 23.2 Å². The highest BCUT2D eigenvalue weighted by Gasteiger charge is 2.36. The Hall–Kier alpha value is -2.44. The number of carbonyl (C=O) groups excluding carboxylic acids is 1. The molecule has 1 aliphatic heterocycles. The summed E-state index contributed by atoms with van der Waals surface area (Å²) >= 11 is 12.1. The summed E-state index contributed by atoms with van der Waals surface area (Å²) in [5.41, 5.74) is 1.20. The fourth-order valence-corrected chi connectivity index (χ4v) is 3.41. The Morgan fingerprint density at radius 1 is 1.19 bits per heavy atom. The molecule has 1 saturated heterocycles. The minimum Gasteiger partial charge on any atom is -0.339 e. The first-order valence-corrected chi connectivity index (χ1v) is 8.62. The largest absolute Gasteiger partial charge is 0.339 e. The van der Waals surface area contributed by atoms with E-state index in [1.807, 2.05) is 6.07 Å². The van der Waals surface area contributed by atoms with Gasteiger partial charge in [-0.3, -0.25) is 4.79 Å². The number of halogens is 3. The maximum atomic E-state index is 13.2. The van der Waals surface area contributed by atoms with Crippen molar-refractivity contribution >= 4 is 34.8 Å². The van der Waals surface area contributed by atoms with Gasteiger partial charge in [-0.15, -0.1) is 0 Å². The Balaban J connectivity index is 1.58.